The number of nitrogens with one attached hydrogen (secondary N) is 2. The Morgan fingerprint density at radius 3 is 2.52 bits per heavy atom. The topological polar surface area (TPSA) is 84.0 Å². The smallest absolute Gasteiger partial charge is 0.272 e. The van der Waals surface area contributed by atoms with E-state index in [1.54, 1.807) is 18.3 Å². The highest BCUT2D eigenvalue weighted by Crippen LogP contribution is 2.29. The predicted molar refractivity (Wildman–Crippen MR) is 118 cm³/mol. The van der Waals surface area contributed by atoms with Crippen molar-refractivity contribution in [2.24, 2.45) is 0 Å². The molecule has 146 valence electrons. The number of carbonyl (C=O) groups excluding carboxylic acids is 2. The number of carbonyl (C=O) groups is 2. The van der Waals surface area contributed by atoms with E-state index in [1.807, 2.05) is 54.6 Å². The molecule has 0 radical (unpaired) electrons. The molecule has 29 heavy (non-hydrogen) atoms. The quantitative estimate of drug-likeness (QED) is 0.357. The molecule has 4 aromatic rings. The first-order valence-corrected chi connectivity index (χ1v) is 11.3. The van der Waals surface area contributed by atoms with E-state index in [4.69, 9.17) is 0 Å². The van der Waals surface area contributed by atoms with Gasteiger partial charge in [-0.05, 0) is 19.1 Å². The molecule has 2 aromatic heterocycles. The number of amides is 2. The fraction of sp³-hybridized carbons (Fsp3) is 0.100. The van der Waals surface area contributed by atoms with E-state index in [9.17, 15) is 9.59 Å². The van der Waals surface area contributed by atoms with Crippen LogP contribution in [0.1, 0.15) is 15.4 Å². The third-order valence-electron chi connectivity index (χ3n) is 3.94. The zero-order valence-corrected chi connectivity index (χ0v) is 17.8. The first-order valence-electron chi connectivity index (χ1n) is 8.70. The van der Waals surface area contributed by atoms with Crippen LogP contribution in [-0.2, 0) is 4.79 Å². The molecule has 0 aliphatic rings. The Morgan fingerprint density at radius 1 is 0.966 bits per heavy atom. The van der Waals surface area contributed by atoms with E-state index < -0.39 is 0 Å². The molecular weight excluding hydrogens is 424 g/mol. The number of aromatic nitrogens is 2. The fourth-order valence-electron chi connectivity index (χ4n) is 2.57. The summed E-state index contributed by atoms with van der Waals surface area (Å²) in [6.45, 7) is 1.78. The number of fused-ring (bicyclic) bond motifs is 1. The van der Waals surface area contributed by atoms with Crippen molar-refractivity contribution in [1.82, 2.24) is 20.8 Å². The molecule has 4 rings (SSSR count). The van der Waals surface area contributed by atoms with Gasteiger partial charge in [0.25, 0.3) is 5.91 Å². The van der Waals surface area contributed by atoms with Crippen LogP contribution in [0.25, 0.3) is 20.8 Å². The Labute approximate surface area is 179 Å². The van der Waals surface area contributed by atoms with Crippen molar-refractivity contribution in [3.8, 4) is 10.6 Å². The van der Waals surface area contributed by atoms with Crippen LogP contribution in [0.5, 0.6) is 0 Å². The highest BCUT2D eigenvalue weighted by Gasteiger charge is 2.17. The summed E-state index contributed by atoms with van der Waals surface area (Å²) >= 11 is 4.18. The van der Waals surface area contributed by atoms with Gasteiger partial charge < -0.3 is 0 Å². The third kappa shape index (κ3) is 4.64. The maximum Gasteiger partial charge on any atom is 0.281 e. The molecule has 2 amide bonds. The Hall–Kier alpha value is -2.75. The van der Waals surface area contributed by atoms with Crippen molar-refractivity contribution in [3.63, 3.8) is 0 Å². The van der Waals surface area contributed by atoms with E-state index in [1.165, 1.54) is 23.1 Å². The van der Waals surface area contributed by atoms with Gasteiger partial charge >= 0.3 is 0 Å². The number of hydrazine groups is 1. The van der Waals surface area contributed by atoms with Crippen LogP contribution >= 0.6 is 34.4 Å². The van der Waals surface area contributed by atoms with Crippen LogP contribution in [0.3, 0.4) is 0 Å². The number of aryl methyl sites for hydroxylation is 1. The molecule has 2 aromatic carbocycles. The minimum atomic E-state index is -0.375. The molecule has 0 spiro atoms. The third-order valence-corrected chi connectivity index (χ3v) is 7.32. The Balaban J connectivity index is 1.32. The summed E-state index contributed by atoms with van der Waals surface area (Å²) in [4.78, 5) is 33.9. The molecule has 0 atom stereocenters. The molecule has 0 aliphatic heterocycles. The molecule has 0 unspecified atom stereocenters. The average molecular weight is 441 g/mol. The van der Waals surface area contributed by atoms with Crippen LogP contribution in [0, 0.1) is 6.92 Å². The highest BCUT2D eigenvalue weighted by molar-refractivity contribution is 8.01. The van der Waals surface area contributed by atoms with Crippen LogP contribution < -0.4 is 10.9 Å². The van der Waals surface area contributed by atoms with Crippen LogP contribution in [0.4, 0.5) is 0 Å². The lowest BCUT2D eigenvalue weighted by molar-refractivity contribution is -0.119. The molecule has 2 N–H and O–H groups in total. The van der Waals surface area contributed by atoms with Gasteiger partial charge in [-0.15, -0.1) is 22.7 Å². The van der Waals surface area contributed by atoms with E-state index in [0.717, 1.165) is 25.1 Å². The van der Waals surface area contributed by atoms with Crippen molar-refractivity contribution in [3.05, 3.63) is 65.2 Å². The standard InChI is InChI=1S/C20H16N4O2S3/c1-12-17(29-19(21-12)13-7-3-2-4-8-13)18(26)24-23-16(25)11-27-20-22-14-9-5-6-10-15(14)28-20/h2-10H,11H2,1H3,(H,23,25)(H,24,26). The highest BCUT2D eigenvalue weighted by atomic mass is 32.2. The Morgan fingerprint density at radius 2 is 1.72 bits per heavy atom. The molecule has 0 aliphatic carbocycles. The van der Waals surface area contributed by atoms with Gasteiger partial charge in [0.2, 0.25) is 5.91 Å². The molecule has 6 nitrogen and oxygen atoms in total. The number of thiazole rings is 2. The summed E-state index contributed by atoms with van der Waals surface area (Å²) < 4.78 is 1.90. The maximum atomic E-state index is 12.4. The molecule has 9 heteroatoms. The normalized spacial score (nSPS) is 10.8. The lowest BCUT2D eigenvalue weighted by Gasteiger charge is -2.05. The number of rotatable bonds is 5. The number of hydrogen-bond acceptors (Lipinski definition) is 7. The van der Waals surface area contributed by atoms with Gasteiger partial charge in [-0.3, -0.25) is 20.4 Å². The monoisotopic (exact) mass is 440 g/mol. The van der Waals surface area contributed by atoms with Gasteiger partial charge in [0, 0.05) is 5.56 Å². The summed E-state index contributed by atoms with van der Waals surface area (Å²) in [6, 6.07) is 17.5. The van der Waals surface area contributed by atoms with E-state index >= 15 is 0 Å². The molecule has 2 heterocycles. The first kappa shape index (κ1) is 19.6. The Kier molecular flexibility index (Phi) is 5.89. The molecule has 0 saturated carbocycles. The van der Waals surface area contributed by atoms with Crippen molar-refractivity contribution in [2.45, 2.75) is 11.3 Å². The van der Waals surface area contributed by atoms with Crippen molar-refractivity contribution < 1.29 is 9.59 Å². The summed E-state index contributed by atoms with van der Waals surface area (Å²) in [6.07, 6.45) is 0. The van der Waals surface area contributed by atoms with Gasteiger partial charge in [0.15, 0.2) is 4.34 Å². The van der Waals surface area contributed by atoms with Gasteiger partial charge in [0.1, 0.15) is 9.88 Å². The predicted octanol–water partition coefficient (Wildman–Crippen LogP) is 4.28. The van der Waals surface area contributed by atoms with Gasteiger partial charge in [-0.25, -0.2) is 9.97 Å². The van der Waals surface area contributed by atoms with E-state index in [0.29, 0.717) is 10.6 Å². The average Bonchev–Trinajstić information content (AvgIpc) is 3.34. The lowest BCUT2D eigenvalue weighted by atomic mass is 10.2. The van der Waals surface area contributed by atoms with Crippen molar-refractivity contribution >= 4 is 56.5 Å². The minimum Gasteiger partial charge on any atom is -0.272 e. The molecule has 0 saturated heterocycles. The minimum absolute atomic E-state index is 0.164. The van der Waals surface area contributed by atoms with Crippen LogP contribution in [0.15, 0.2) is 58.9 Å². The summed E-state index contributed by atoms with van der Waals surface area (Å²) in [5, 5.41) is 0.769. The maximum absolute atomic E-state index is 12.4. The summed E-state index contributed by atoms with van der Waals surface area (Å²) in [5.74, 6) is -0.509. The first-order chi connectivity index (χ1) is 14.1. The molecule has 0 fully saturated rings. The van der Waals surface area contributed by atoms with Crippen LogP contribution in [-0.4, -0.2) is 27.5 Å². The van der Waals surface area contributed by atoms with Crippen LogP contribution in [0.2, 0.25) is 0 Å². The SMILES string of the molecule is Cc1nc(-c2ccccc2)sc1C(=O)NNC(=O)CSc1nc2ccccc2s1. The van der Waals surface area contributed by atoms with E-state index in [-0.39, 0.29) is 17.6 Å². The molecular formula is C20H16N4O2S3. The zero-order valence-electron chi connectivity index (χ0n) is 15.3. The van der Waals surface area contributed by atoms with Crippen molar-refractivity contribution in [2.75, 3.05) is 5.75 Å². The summed E-state index contributed by atoms with van der Waals surface area (Å²) in [5.41, 5.74) is 7.43. The number of para-hydroxylation sites is 1. The largest absolute Gasteiger partial charge is 0.281 e. The fourth-order valence-corrected chi connectivity index (χ4v) is 5.41. The zero-order chi connectivity index (χ0) is 20.2. The second-order valence-corrected chi connectivity index (χ2v) is 9.29. The number of nitrogens with zero attached hydrogens (tertiary/aromatic N) is 2. The number of benzene rings is 2. The lowest BCUT2D eigenvalue weighted by Crippen LogP contribution is -2.42. The van der Waals surface area contributed by atoms with Crippen molar-refractivity contribution in [1.29, 1.82) is 0 Å². The summed E-state index contributed by atoms with van der Waals surface area (Å²) in [7, 11) is 0. The molecule has 0 bridgehead atoms. The van der Waals surface area contributed by atoms with Gasteiger partial charge in [-0.1, -0.05) is 54.2 Å². The second kappa shape index (κ2) is 8.73. The Bertz CT molecular complexity index is 1140. The number of hydrogen-bond donors (Lipinski definition) is 2. The van der Waals surface area contributed by atoms with Gasteiger partial charge in [0.05, 0.1) is 21.7 Å². The van der Waals surface area contributed by atoms with E-state index in [2.05, 4.69) is 20.8 Å². The number of thioether (sulfide) groups is 1. The second-order valence-electron chi connectivity index (χ2n) is 6.04. The van der Waals surface area contributed by atoms with Gasteiger partial charge in [-0.2, -0.15) is 0 Å².